The Hall–Kier alpha value is -1.88. The largest absolute Gasteiger partial charge is 0.369 e. The lowest BCUT2D eigenvalue weighted by atomic mass is 10.2. The fourth-order valence-corrected chi connectivity index (χ4v) is 3.37. The molecule has 3 heterocycles. The van der Waals surface area contributed by atoms with E-state index < -0.39 is 0 Å². The van der Waals surface area contributed by atoms with Crippen LogP contribution in [0.15, 0.2) is 30.5 Å². The monoisotopic (exact) mass is 272 g/mol. The van der Waals surface area contributed by atoms with Gasteiger partial charge in [-0.25, -0.2) is 9.97 Å². The molecule has 0 bridgehead atoms. The zero-order valence-corrected chi connectivity index (χ0v) is 11.8. The zero-order chi connectivity index (χ0) is 13.4. The summed E-state index contributed by atoms with van der Waals surface area (Å²) >= 11 is 1.83. The van der Waals surface area contributed by atoms with E-state index in [1.54, 1.807) is 6.20 Å². The maximum atomic E-state index is 6.03. The van der Waals surface area contributed by atoms with Gasteiger partial charge in [-0.3, -0.25) is 4.57 Å². The van der Waals surface area contributed by atoms with Gasteiger partial charge >= 0.3 is 0 Å². The van der Waals surface area contributed by atoms with Gasteiger partial charge in [-0.2, -0.15) is 0 Å². The number of fused-ring (bicyclic) bond motifs is 1. The molecular formula is C14H16N4S. The smallest absolute Gasteiger partial charge is 0.202 e. The predicted octanol–water partition coefficient (Wildman–Crippen LogP) is 3.19. The van der Waals surface area contributed by atoms with Gasteiger partial charge in [0.25, 0.3) is 0 Å². The summed E-state index contributed by atoms with van der Waals surface area (Å²) in [6, 6.07) is 8.40. The molecule has 0 saturated heterocycles. The minimum Gasteiger partial charge on any atom is -0.369 e. The summed E-state index contributed by atoms with van der Waals surface area (Å²) in [7, 11) is 0. The van der Waals surface area contributed by atoms with Crippen LogP contribution in [-0.2, 0) is 6.42 Å². The second-order valence-corrected chi connectivity index (χ2v) is 6.12. The van der Waals surface area contributed by atoms with Crippen LogP contribution in [-0.4, -0.2) is 14.5 Å². The molecule has 19 heavy (non-hydrogen) atoms. The maximum Gasteiger partial charge on any atom is 0.202 e. The van der Waals surface area contributed by atoms with Crippen molar-refractivity contribution in [1.82, 2.24) is 14.5 Å². The zero-order valence-electron chi connectivity index (χ0n) is 11.0. The Morgan fingerprint density at radius 1 is 1.37 bits per heavy atom. The van der Waals surface area contributed by atoms with Crippen LogP contribution >= 0.6 is 11.3 Å². The molecule has 2 N–H and O–H groups in total. The molecule has 0 spiro atoms. The van der Waals surface area contributed by atoms with Gasteiger partial charge in [0.15, 0.2) is 5.65 Å². The second kappa shape index (κ2) is 4.66. The normalized spacial score (nSPS) is 12.9. The highest BCUT2D eigenvalue weighted by Gasteiger charge is 2.15. The molecule has 0 amide bonds. The number of aromatic nitrogens is 3. The number of pyridine rings is 1. The van der Waals surface area contributed by atoms with Crippen LogP contribution in [0.2, 0.25) is 0 Å². The standard InChI is InChI=1S/C14H16N4S/c1-9(8-11-6-5-10(2)19-11)18-13-12(17-14(18)15)4-3-7-16-13/h3-7,9H,8H2,1-2H3,(H2,15,17). The van der Waals surface area contributed by atoms with E-state index in [4.69, 9.17) is 5.73 Å². The van der Waals surface area contributed by atoms with E-state index in [0.717, 1.165) is 17.6 Å². The number of anilines is 1. The quantitative estimate of drug-likeness (QED) is 0.796. The summed E-state index contributed by atoms with van der Waals surface area (Å²) in [4.78, 5) is 11.5. The number of nitrogen functional groups attached to an aromatic ring is 1. The van der Waals surface area contributed by atoms with Crippen LogP contribution in [0.5, 0.6) is 0 Å². The van der Waals surface area contributed by atoms with E-state index in [0.29, 0.717) is 5.95 Å². The van der Waals surface area contributed by atoms with Crippen molar-refractivity contribution in [3.8, 4) is 0 Å². The fourth-order valence-electron chi connectivity index (χ4n) is 2.36. The van der Waals surface area contributed by atoms with E-state index in [9.17, 15) is 0 Å². The summed E-state index contributed by atoms with van der Waals surface area (Å²) in [5.41, 5.74) is 7.75. The molecule has 0 aliphatic rings. The van der Waals surface area contributed by atoms with Crippen LogP contribution in [0.25, 0.3) is 11.2 Å². The average molecular weight is 272 g/mol. The Bertz CT molecular complexity index is 713. The van der Waals surface area contributed by atoms with Crippen LogP contribution in [0.1, 0.15) is 22.7 Å². The number of hydrogen-bond donors (Lipinski definition) is 1. The maximum absolute atomic E-state index is 6.03. The van der Waals surface area contributed by atoms with Crippen molar-refractivity contribution in [2.24, 2.45) is 0 Å². The molecule has 0 aliphatic heterocycles. The van der Waals surface area contributed by atoms with Crippen molar-refractivity contribution < 1.29 is 0 Å². The molecule has 98 valence electrons. The van der Waals surface area contributed by atoms with Gasteiger partial charge in [0.1, 0.15) is 5.52 Å². The molecule has 3 rings (SSSR count). The third-order valence-corrected chi connectivity index (χ3v) is 4.23. The van der Waals surface area contributed by atoms with Crippen LogP contribution < -0.4 is 5.73 Å². The highest BCUT2D eigenvalue weighted by Crippen LogP contribution is 2.26. The summed E-state index contributed by atoms with van der Waals surface area (Å²) in [5.74, 6) is 0.537. The first-order chi connectivity index (χ1) is 9.15. The Labute approximate surface area is 115 Å². The van der Waals surface area contributed by atoms with E-state index in [1.807, 2.05) is 28.0 Å². The van der Waals surface area contributed by atoms with E-state index in [1.165, 1.54) is 9.75 Å². The van der Waals surface area contributed by atoms with Gasteiger partial charge in [-0.1, -0.05) is 0 Å². The first-order valence-corrected chi connectivity index (χ1v) is 7.10. The number of nitrogens with two attached hydrogens (primary N) is 1. The number of rotatable bonds is 3. The molecule has 0 aromatic carbocycles. The van der Waals surface area contributed by atoms with Crippen molar-refractivity contribution in [3.05, 3.63) is 40.2 Å². The molecule has 4 nitrogen and oxygen atoms in total. The number of hydrogen-bond acceptors (Lipinski definition) is 4. The summed E-state index contributed by atoms with van der Waals surface area (Å²) in [6.07, 6.45) is 2.73. The second-order valence-electron chi connectivity index (χ2n) is 4.75. The topological polar surface area (TPSA) is 56.7 Å². The summed E-state index contributed by atoms with van der Waals surface area (Å²) in [6.45, 7) is 4.28. The van der Waals surface area contributed by atoms with Crippen molar-refractivity contribution >= 4 is 28.4 Å². The highest BCUT2D eigenvalue weighted by atomic mass is 32.1. The van der Waals surface area contributed by atoms with Gasteiger partial charge in [-0.15, -0.1) is 11.3 Å². The lowest BCUT2D eigenvalue weighted by Crippen LogP contribution is -2.11. The first-order valence-electron chi connectivity index (χ1n) is 6.29. The molecule has 3 aromatic heterocycles. The molecule has 3 aromatic rings. The third-order valence-electron chi connectivity index (χ3n) is 3.21. The van der Waals surface area contributed by atoms with Crippen molar-refractivity contribution in [2.75, 3.05) is 5.73 Å². The van der Waals surface area contributed by atoms with Gasteiger partial charge < -0.3 is 5.73 Å². The SMILES string of the molecule is Cc1ccc(CC(C)n2c(N)nc3cccnc32)s1. The number of nitrogens with zero attached hydrogens (tertiary/aromatic N) is 3. The predicted molar refractivity (Wildman–Crippen MR) is 79.4 cm³/mol. The van der Waals surface area contributed by atoms with Gasteiger partial charge in [-0.05, 0) is 38.1 Å². The summed E-state index contributed by atoms with van der Waals surface area (Å²) in [5, 5.41) is 0. The average Bonchev–Trinajstić information content (AvgIpc) is 2.91. The van der Waals surface area contributed by atoms with E-state index >= 15 is 0 Å². The van der Waals surface area contributed by atoms with Gasteiger partial charge in [0, 0.05) is 28.4 Å². The van der Waals surface area contributed by atoms with Crippen LogP contribution in [0.4, 0.5) is 5.95 Å². The Morgan fingerprint density at radius 2 is 2.21 bits per heavy atom. The Kier molecular flexibility index (Phi) is 2.98. The Balaban J connectivity index is 1.97. The first kappa shape index (κ1) is 12.2. The van der Waals surface area contributed by atoms with E-state index in [2.05, 4.69) is 35.9 Å². The van der Waals surface area contributed by atoms with Crippen molar-refractivity contribution in [3.63, 3.8) is 0 Å². The molecule has 0 saturated carbocycles. The van der Waals surface area contributed by atoms with Crippen molar-refractivity contribution in [2.45, 2.75) is 26.3 Å². The molecule has 1 unspecified atom stereocenters. The molecule has 5 heteroatoms. The minimum absolute atomic E-state index is 0.248. The molecule has 1 atom stereocenters. The molecule has 0 fully saturated rings. The minimum atomic E-state index is 0.248. The number of thiophene rings is 1. The molecule has 0 aliphatic carbocycles. The van der Waals surface area contributed by atoms with E-state index in [-0.39, 0.29) is 6.04 Å². The molecular weight excluding hydrogens is 256 g/mol. The van der Waals surface area contributed by atoms with Crippen LogP contribution in [0, 0.1) is 6.92 Å². The van der Waals surface area contributed by atoms with Crippen LogP contribution in [0.3, 0.4) is 0 Å². The fraction of sp³-hybridized carbons (Fsp3) is 0.286. The number of aryl methyl sites for hydroxylation is 1. The van der Waals surface area contributed by atoms with Gasteiger partial charge in [0.05, 0.1) is 0 Å². The number of imidazole rings is 1. The Morgan fingerprint density at radius 3 is 2.95 bits per heavy atom. The highest BCUT2D eigenvalue weighted by molar-refractivity contribution is 7.11. The third kappa shape index (κ3) is 2.21. The lowest BCUT2D eigenvalue weighted by Gasteiger charge is -2.14. The molecule has 0 radical (unpaired) electrons. The van der Waals surface area contributed by atoms with Crippen molar-refractivity contribution in [1.29, 1.82) is 0 Å². The lowest BCUT2D eigenvalue weighted by molar-refractivity contribution is 0.567. The summed E-state index contributed by atoms with van der Waals surface area (Å²) < 4.78 is 2.02. The van der Waals surface area contributed by atoms with Gasteiger partial charge in [0.2, 0.25) is 5.95 Å².